The highest BCUT2D eigenvalue weighted by Crippen LogP contribution is 2.55. The van der Waals surface area contributed by atoms with Gasteiger partial charge in [0.15, 0.2) is 17.5 Å². The summed E-state index contributed by atoms with van der Waals surface area (Å²) < 4.78 is 142. The van der Waals surface area contributed by atoms with Gasteiger partial charge in [0.2, 0.25) is 0 Å². The molecule has 0 fully saturated rings. The van der Waals surface area contributed by atoms with Gasteiger partial charge >= 0.3 is 0 Å². The number of aromatic nitrogens is 4. The highest BCUT2D eigenvalue weighted by atomic mass is 15.2. The van der Waals surface area contributed by atoms with E-state index in [-0.39, 0.29) is 34.3 Å². The molecular formula is C107H97BN6. The second kappa shape index (κ2) is 27.7. The number of anilines is 6. The standard InChI is InChI=1S/C107H97BN6/c1-103(2,3)78-48-54-92-86(63-78)87-64-79(104(4,5)6)49-55-93(87)112(92)83-50-52-90-95(67-83)114(99-85(71-40-28-19-29-41-71)65-82(107(13,14)15)66-88(99)102-110-100(72-42-30-20-31-43-72)109-101(111-102)73-44-32-21-33-45-73)97-61-77(76-56-80(105(7,8)9)62-81(57-76)106(10,11)12)60-96-98(97)108(90)89-51-46-75(69-36-24-17-25-37-69)59-94(89)113(96)91-53-47-74(68-34-22-16-23-35-68)58-84(91)70-38-26-18-27-39-70/h16-67H,1-15H3/i17D,20D,21D,24D,25D,30D,31D,32D,33D,36D,37D,42D,43D,44D,45D. The molecule has 0 N–H and O–H groups in total. The summed E-state index contributed by atoms with van der Waals surface area (Å²) in [7, 11) is 0. The summed E-state index contributed by atoms with van der Waals surface area (Å²) in [5.74, 6) is -1.01. The molecule has 18 rings (SSSR count). The molecule has 6 nitrogen and oxygen atoms in total. The monoisotopic (exact) mass is 1490 g/mol. The summed E-state index contributed by atoms with van der Waals surface area (Å²) in [6, 6.07) is 69.9. The lowest BCUT2D eigenvalue weighted by Gasteiger charge is -2.46. The number of fused-ring (bicyclic) bond motifs is 7. The molecule has 16 aromatic rings. The molecule has 0 spiro atoms. The van der Waals surface area contributed by atoms with Crippen molar-refractivity contribution in [2.45, 2.75) is 131 Å². The van der Waals surface area contributed by atoms with Gasteiger partial charge in [-0.05, 0) is 195 Å². The molecule has 4 heterocycles. The number of benzene rings is 14. The van der Waals surface area contributed by atoms with Crippen LogP contribution in [0.1, 0.15) is 152 Å². The van der Waals surface area contributed by atoms with E-state index in [1.807, 2.05) is 84.9 Å². The zero-order valence-corrected chi connectivity index (χ0v) is 67.1. The van der Waals surface area contributed by atoms with E-state index in [4.69, 9.17) is 19.1 Å². The Morgan fingerprint density at radius 3 is 1.20 bits per heavy atom. The minimum absolute atomic E-state index is 0.0261. The fourth-order valence-corrected chi connectivity index (χ4v) is 16.4. The van der Waals surface area contributed by atoms with Gasteiger partial charge in [-0.1, -0.05) is 340 Å². The predicted octanol–water partition coefficient (Wildman–Crippen LogP) is 26.9. The van der Waals surface area contributed by atoms with Gasteiger partial charge in [-0.3, -0.25) is 0 Å². The summed E-state index contributed by atoms with van der Waals surface area (Å²) in [5, 5.41) is 2.11. The minimum atomic E-state index is -0.720. The van der Waals surface area contributed by atoms with Crippen LogP contribution in [0.4, 0.5) is 34.1 Å². The summed E-state index contributed by atoms with van der Waals surface area (Å²) >= 11 is 0. The van der Waals surface area contributed by atoms with Crippen LogP contribution in [0.2, 0.25) is 0 Å². The molecule has 0 saturated carbocycles. The lowest BCUT2D eigenvalue weighted by molar-refractivity contribution is 0.569. The van der Waals surface area contributed by atoms with Crippen molar-refractivity contribution in [3.63, 3.8) is 0 Å². The molecule has 2 aromatic heterocycles. The quantitative estimate of drug-likeness (QED) is 0.121. The van der Waals surface area contributed by atoms with E-state index >= 15 is 0 Å². The van der Waals surface area contributed by atoms with E-state index in [9.17, 15) is 16.4 Å². The number of nitrogens with zero attached hydrogens (tertiary/aromatic N) is 6. The highest BCUT2D eigenvalue weighted by molar-refractivity contribution is 7.00. The van der Waals surface area contributed by atoms with Crippen LogP contribution in [0.3, 0.4) is 0 Å². The fraction of sp³-hybridized carbons (Fsp3) is 0.187. The maximum Gasteiger partial charge on any atom is 0.252 e. The number of hydrogen-bond donors (Lipinski definition) is 0. The van der Waals surface area contributed by atoms with Crippen LogP contribution < -0.4 is 26.2 Å². The SMILES string of the molecule is [2H]c1c([2H])c([2H])c(-c2ccc3c(c2)N(c2ccc(-c4ccccc4)cc2-c2ccccc2)c2cc(-c4cc(C(C)(C)C)cc(C(C)(C)C)c4)cc4c2B3c2ccc(-n3c5ccc(C(C)(C)C)cc5c5cc(C(C)(C)C)ccc53)cc2N4c2c(-c3ccccc3)cc(C(C)(C)C)cc2-c2nc(-c3c([2H])c([2H])c([2H])c([2H])c3[2H])nc(-c3c([2H])c([2H])c([2H])c([2H])c3[2H])n2)c([2H])c1[2H]. The molecule has 2 aliphatic rings. The van der Waals surface area contributed by atoms with Crippen molar-refractivity contribution in [1.29, 1.82) is 0 Å². The van der Waals surface area contributed by atoms with Crippen molar-refractivity contribution in [2.24, 2.45) is 0 Å². The second-order valence-electron chi connectivity index (χ2n) is 35.5. The average molecular weight is 1490 g/mol. The Labute approximate surface area is 694 Å². The van der Waals surface area contributed by atoms with Gasteiger partial charge in [-0.2, -0.15) is 0 Å². The van der Waals surface area contributed by atoms with E-state index in [0.717, 1.165) is 116 Å². The normalized spacial score (nSPS) is 14.8. The van der Waals surface area contributed by atoms with Crippen molar-refractivity contribution < 1.29 is 20.6 Å². The first-order chi connectivity index (χ1) is 60.9. The molecule has 14 aromatic carbocycles. The van der Waals surface area contributed by atoms with Crippen LogP contribution in [0.15, 0.2) is 315 Å². The molecule has 0 saturated heterocycles. The fourth-order valence-electron chi connectivity index (χ4n) is 16.4. The molecule has 0 unspecified atom stereocenters. The van der Waals surface area contributed by atoms with Crippen molar-refractivity contribution in [3.8, 4) is 95.5 Å². The molecule has 0 radical (unpaired) electrons. The third kappa shape index (κ3) is 13.2. The van der Waals surface area contributed by atoms with Crippen LogP contribution in [-0.2, 0) is 27.1 Å². The van der Waals surface area contributed by atoms with Crippen molar-refractivity contribution in [2.75, 3.05) is 9.80 Å². The molecule has 7 heteroatoms. The van der Waals surface area contributed by atoms with Crippen LogP contribution in [0, 0.1) is 0 Å². The summed E-state index contributed by atoms with van der Waals surface area (Å²) in [6.07, 6.45) is 0. The van der Waals surface area contributed by atoms with Gasteiger partial charge in [0.05, 0.1) is 43.0 Å². The molecular weight excluding hydrogens is 1380 g/mol. The number of rotatable bonds is 11. The summed E-state index contributed by atoms with van der Waals surface area (Å²) in [4.78, 5) is 20.3. The van der Waals surface area contributed by atoms with E-state index in [1.54, 1.807) is 0 Å². The topological polar surface area (TPSA) is 50.1 Å². The first-order valence-corrected chi connectivity index (χ1v) is 39.2. The Bertz CT molecular complexity index is 7130. The first-order valence-electron chi connectivity index (χ1n) is 46.7. The second-order valence-corrected chi connectivity index (χ2v) is 35.5. The van der Waals surface area contributed by atoms with Gasteiger partial charge in [-0.15, -0.1) is 0 Å². The third-order valence-corrected chi connectivity index (χ3v) is 22.6. The lowest BCUT2D eigenvalue weighted by atomic mass is 9.33. The van der Waals surface area contributed by atoms with Crippen LogP contribution in [-0.4, -0.2) is 26.2 Å². The smallest absolute Gasteiger partial charge is 0.252 e. The van der Waals surface area contributed by atoms with E-state index in [1.165, 1.54) is 0 Å². The van der Waals surface area contributed by atoms with Gasteiger partial charge in [-0.25, -0.2) is 15.0 Å². The summed E-state index contributed by atoms with van der Waals surface area (Å²) in [5.41, 5.74) is 18.9. The molecule has 558 valence electrons. The molecule has 114 heavy (non-hydrogen) atoms. The Morgan fingerprint density at radius 1 is 0.272 bits per heavy atom. The minimum Gasteiger partial charge on any atom is -0.311 e. The zero-order valence-electron chi connectivity index (χ0n) is 82.1. The molecule has 0 bridgehead atoms. The Kier molecular flexibility index (Phi) is 14.0. The zero-order chi connectivity index (χ0) is 92.0. The Morgan fingerprint density at radius 2 is 0.684 bits per heavy atom. The predicted molar refractivity (Wildman–Crippen MR) is 485 cm³/mol. The maximum atomic E-state index is 9.73. The van der Waals surface area contributed by atoms with Gasteiger partial charge in [0.1, 0.15) is 0 Å². The van der Waals surface area contributed by atoms with E-state index in [0.29, 0.717) is 45.1 Å². The highest BCUT2D eigenvalue weighted by Gasteiger charge is 2.46. The lowest BCUT2D eigenvalue weighted by Crippen LogP contribution is -2.61. The molecule has 0 amide bonds. The third-order valence-electron chi connectivity index (χ3n) is 22.6. The molecule has 0 aliphatic carbocycles. The average Bonchev–Trinajstić information content (AvgIpc) is 0.977. The van der Waals surface area contributed by atoms with Crippen LogP contribution in [0.25, 0.3) is 117 Å². The first kappa shape index (κ1) is 57.6. The van der Waals surface area contributed by atoms with Crippen LogP contribution in [0.5, 0.6) is 0 Å². The summed E-state index contributed by atoms with van der Waals surface area (Å²) in [6.45, 7) is 32.3. The van der Waals surface area contributed by atoms with E-state index < -0.39 is 124 Å². The van der Waals surface area contributed by atoms with Gasteiger partial charge < -0.3 is 14.4 Å². The van der Waals surface area contributed by atoms with Gasteiger partial charge in [0, 0.05) is 67.0 Å². The van der Waals surface area contributed by atoms with Crippen molar-refractivity contribution >= 4 is 79.0 Å². The number of hydrogen-bond acceptors (Lipinski definition) is 5. The molecule has 2 aliphatic heterocycles. The largest absolute Gasteiger partial charge is 0.311 e. The Balaban J connectivity index is 1.08. The van der Waals surface area contributed by atoms with Gasteiger partial charge in [0.25, 0.3) is 6.71 Å². The molecule has 0 atom stereocenters. The van der Waals surface area contributed by atoms with Crippen molar-refractivity contribution in [3.05, 3.63) is 343 Å². The van der Waals surface area contributed by atoms with Crippen molar-refractivity contribution in [1.82, 2.24) is 19.5 Å². The van der Waals surface area contributed by atoms with Crippen LogP contribution >= 0.6 is 0 Å². The maximum absolute atomic E-state index is 9.73. The van der Waals surface area contributed by atoms with E-state index in [2.05, 4.69) is 258 Å². The Hall–Kier alpha value is -12.4.